The van der Waals surface area contributed by atoms with Crippen LogP contribution in [0.4, 0.5) is 11.5 Å². The molecule has 1 amide bonds. The van der Waals surface area contributed by atoms with Gasteiger partial charge in [0.1, 0.15) is 5.82 Å². The SMILES string of the molecule is NC(=O)c1cc(NCC2CCCOC2)ncc1N. The summed E-state index contributed by atoms with van der Waals surface area (Å²) >= 11 is 0. The summed E-state index contributed by atoms with van der Waals surface area (Å²) in [6.07, 6.45) is 3.68. The van der Waals surface area contributed by atoms with Crippen molar-refractivity contribution in [2.24, 2.45) is 11.7 Å². The van der Waals surface area contributed by atoms with Crippen molar-refractivity contribution < 1.29 is 9.53 Å². The Kier molecular flexibility index (Phi) is 3.99. The molecule has 0 bridgehead atoms. The highest BCUT2D eigenvalue weighted by atomic mass is 16.5. The Morgan fingerprint density at radius 2 is 2.44 bits per heavy atom. The highest BCUT2D eigenvalue weighted by Crippen LogP contribution is 2.17. The van der Waals surface area contributed by atoms with Crippen molar-refractivity contribution in [3.05, 3.63) is 17.8 Å². The zero-order valence-electron chi connectivity index (χ0n) is 10.2. The maximum absolute atomic E-state index is 11.1. The Hall–Kier alpha value is -1.82. The van der Waals surface area contributed by atoms with Crippen molar-refractivity contribution in [3.63, 3.8) is 0 Å². The number of rotatable bonds is 4. The van der Waals surface area contributed by atoms with Crippen molar-refractivity contribution in [1.82, 2.24) is 4.98 Å². The van der Waals surface area contributed by atoms with Gasteiger partial charge in [0.15, 0.2) is 0 Å². The summed E-state index contributed by atoms with van der Waals surface area (Å²) in [4.78, 5) is 15.3. The molecule has 1 aromatic rings. The van der Waals surface area contributed by atoms with E-state index in [9.17, 15) is 4.79 Å². The topological polar surface area (TPSA) is 103 Å². The van der Waals surface area contributed by atoms with E-state index in [1.807, 2.05) is 0 Å². The first-order valence-electron chi connectivity index (χ1n) is 6.03. The Bertz CT molecular complexity index is 430. The van der Waals surface area contributed by atoms with Crippen LogP contribution in [0, 0.1) is 5.92 Å². The first-order chi connectivity index (χ1) is 8.66. The van der Waals surface area contributed by atoms with E-state index in [-0.39, 0.29) is 0 Å². The third-order valence-corrected chi connectivity index (χ3v) is 3.03. The van der Waals surface area contributed by atoms with Crippen molar-refractivity contribution in [2.45, 2.75) is 12.8 Å². The molecule has 0 aliphatic carbocycles. The van der Waals surface area contributed by atoms with E-state index in [1.54, 1.807) is 6.07 Å². The van der Waals surface area contributed by atoms with E-state index < -0.39 is 5.91 Å². The van der Waals surface area contributed by atoms with Gasteiger partial charge in [-0.3, -0.25) is 4.79 Å². The van der Waals surface area contributed by atoms with Gasteiger partial charge in [0.25, 0.3) is 5.91 Å². The highest BCUT2D eigenvalue weighted by molar-refractivity contribution is 5.98. The van der Waals surface area contributed by atoms with Crippen molar-refractivity contribution in [3.8, 4) is 0 Å². The van der Waals surface area contributed by atoms with Gasteiger partial charge in [-0.1, -0.05) is 0 Å². The molecule has 1 aromatic heterocycles. The van der Waals surface area contributed by atoms with Crippen molar-refractivity contribution >= 4 is 17.4 Å². The number of amides is 1. The molecule has 1 fully saturated rings. The predicted molar refractivity (Wildman–Crippen MR) is 69.2 cm³/mol. The average molecular weight is 250 g/mol. The highest BCUT2D eigenvalue weighted by Gasteiger charge is 2.14. The standard InChI is InChI=1S/C12H18N4O2/c13-10-6-16-11(4-9(10)12(14)17)15-5-8-2-1-3-18-7-8/h4,6,8H,1-3,5,7,13H2,(H2,14,17)(H,15,16). The average Bonchev–Trinajstić information content (AvgIpc) is 2.38. The van der Waals surface area contributed by atoms with Crippen LogP contribution in [0.2, 0.25) is 0 Å². The lowest BCUT2D eigenvalue weighted by atomic mass is 10.0. The van der Waals surface area contributed by atoms with Gasteiger partial charge < -0.3 is 21.5 Å². The fourth-order valence-corrected chi connectivity index (χ4v) is 1.99. The second kappa shape index (κ2) is 5.68. The van der Waals surface area contributed by atoms with Crippen LogP contribution in [0.5, 0.6) is 0 Å². The van der Waals surface area contributed by atoms with Gasteiger partial charge in [-0.2, -0.15) is 0 Å². The minimum Gasteiger partial charge on any atom is -0.397 e. The molecule has 18 heavy (non-hydrogen) atoms. The minimum absolute atomic E-state index is 0.299. The number of aromatic nitrogens is 1. The number of pyridine rings is 1. The molecule has 6 nitrogen and oxygen atoms in total. The third-order valence-electron chi connectivity index (χ3n) is 3.03. The maximum atomic E-state index is 11.1. The number of nitrogen functional groups attached to an aromatic ring is 1. The summed E-state index contributed by atoms with van der Waals surface area (Å²) < 4.78 is 5.40. The fourth-order valence-electron chi connectivity index (χ4n) is 1.99. The normalized spacial score (nSPS) is 19.4. The second-order valence-corrected chi connectivity index (χ2v) is 4.49. The molecule has 1 atom stereocenters. The van der Waals surface area contributed by atoms with Crippen LogP contribution < -0.4 is 16.8 Å². The molecule has 0 aromatic carbocycles. The number of nitrogens with two attached hydrogens (primary N) is 2. The molecule has 0 radical (unpaired) electrons. The largest absolute Gasteiger partial charge is 0.397 e. The maximum Gasteiger partial charge on any atom is 0.250 e. The number of anilines is 2. The molecular formula is C12H18N4O2. The summed E-state index contributed by atoms with van der Waals surface area (Å²) in [5.41, 5.74) is 11.4. The first-order valence-corrected chi connectivity index (χ1v) is 6.03. The predicted octanol–water partition coefficient (Wildman–Crippen LogP) is 0.601. The second-order valence-electron chi connectivity index (χ2n) is 4.49. The van der Waals surface area contributed by atoms with E-state index in [4.69, 9.17) is 16.2 Å². The van der Waals surface area contributed by atoms with Gasteiger partial charge in [0.2, 0.25) is 0 Å². The number of nitrogens with one attached hydrogen (secondary N) is 1. The van der Waals surface area contributed by atoms with Gasteiger partial charge in [0, 0.05) is 13.2 Å². The number of hydrogen-bond acceptors (Lipinski definition) is 5. The summed E-state index contributed by atoms with van der Waals surface area (Å²) in [5.74, 6) is 0.553. The van der Waals surface area contributed by atoms with Crippen LogP contribution in [-0.4, -0.2) is 30.6 Å². The molecule has 0 saturated carbocycles. The molecule has 98 valence electrons. The van der Waals surface area contributed by atoms with E-state index in [0.29, 0.717) is 23.0 Å². The van der Waals surface area contributed by atoms with Crippen molar-refractivity contribution in [2.75, 3.05) is 30.8 Å². The Morgan fingerprint density at radius 1 is 1.61 bits per heavy atom. The molecule has 2 rings (SSSR count). The molecule has 6 heteroatoms. The lowest BCUT2D eigenvalue weighted by Crippen LogP contribution is -2.24. The summed E-state index contributed by atoms with van der Waals surface area (Å²) in [6, 6.07) is 1.58. The van der Waals surface area contributed by atoms with Crippen LogP contribution in [0.3, 0.4) is 0 Å². The van der Waals surface area contributed by atoms with Crippen LogP contribution in [0.15, 0.2) is 12.3 Å². The molecular weight excluding hydrogens is 232 g/mol. The summed E-state index contributed by atoms with van der Waals surface area (Å²) in [6.45, 7) is 2.39. The molecule has 5 N–H and O–H groups in total. The quantitative estimate of drug-likeness (QED) is 0.726. The van der Waals surface area contributed by atoms with Crippen LogP contribution in [-0.2, 0) is 4.74 Å². The zero-order chi connectivity index (χ0) is 13.0. The monoisotopic (exact) mass is 250 g/mol. The summed E-state index contributed by atoms with van der Waals surface area (Å²) in [5, 5.41) is 3.18. The number of carbonyl (C=O) groups excluding carboxylic acids is 1. The van der Waals surface area contributed by atoms with E-state index >= 15 is 0 Å². The molecule has 2 heterocycles. The number of carbonyl (C=O) groups is 1. The molecule has 1 aliphatic heterocycles. The molecule has 1 aliphatic rings. The van der Waals surface area contributed by atoms with Gasteiger partial charge in [0.05, 0.1) is 24.1 Å². The zero-order valence-corrected chi connectivity index (χ0v) is 10.2. The minimum atomic E-state index is -0.543. The Morgan fingerprint density at radius 3 is 3.11 bits per heavy atom. The Labute approximate surface area is 106 Å². The number of nitrogens with zero attached hydrogens (tertiary/aromatic N) is 1. The lowest BCUT2D eigenvalue weighted by Gasteiger charge is -2.22. The van der Waals surface area contributed by atoms with E-state index in [0.717, 1.165) is 32.6 Å². The number of ether oxygens (including phenoxy) is 1. The lowest BCUT2D eigenvalue weighted by molar-refractivity contribution is 0.0595. The molecule has 1 saturated heterocycles. The van der Waals surface area contributed by atoms with Crippen LogP contribution >= 0.6 is 0 Å². The van der Waals surface area contributed by atoms with Gasteiger partial charge in [-0.15, -0.1) is 0 Å². The fraction of sp³-hybridized carbons (Fsp3) is 0.500. The van der Waals surface area contributed by atoms with Gasteiger partial charge in [-0.25, -0.2) is 4.98 Å². The van der Waals surface area contributed by atoms with Crippen LogP contribution in [0.25, 0.3) is 0 Å². The van der Waals surface area contributed by atoms with Crippen molar-refractivity contribution in [1.29, 1.82) is 0 Å². The number of hydrogen-bond donors (Lipinski definition) is 3. The van der Waals surface area contributed by atoms with Crippen LogP contribution in [0.1, 0.15) is 23.2 Å². The van der Waals surface area contributed by atoms with E-state index in [2.05, 4.69) is 10.3 Å². The molecule has 0 spiro atoms. The molecule has 1 unspecified atom stereocenters. The Balaban J connectivity index is 1.96. The van der Waals surface area contributed by atoms with E-state index in [1.165, 1.54) is 6.20 Å². The third kappa shape index (κ3) is 3.10. The number of primary amides is 1. The van der Waals surface area contributed by atoms with Gasteiger partial charge in [-0.05, 0) is 24.8 Å². The summed E-state index contributed by atoms with van der Waals surface area (Å²) in [7, 11) is 0. The smallest absolute Gasteiger partial charge is 0.250 e. The van der Waals surface area contributed by atoms with Gasteiger partial charge >= 0.3 is 0 Å². The first kappa shape index (κ1) is 12.6.